The molecule has 0 bridgehead atoms. The zero-order valence-electron chi connectivity index (χ0n) is 20.2. The Morgan fingerprint density at radius 1 is 0.886 bits per heavy atom. The minimum absolute atomic E-state index is 0.202. The lowest BCUT2D eigenvalue weighted by molar-refractivity contribution is 0.102. The maximum Gasteiger partial charge on any atom is 0.257 e. The standard InChI is InChI=1S/C27H29N7O/c1-18-24(28-2)13-23(17-30-18)19-4-5-21-16-31-25(14-22(21)12-19)32-27(35)20-6-7-29-26(15-20)34-10-8-33(3)9-11-34/h4-7,12-17,28H,8-11H2,1-3H3,(H,31,32,35). The highest BCUT2D eigenvalue weighted by Gasteiger charge is 2.17. The lowest BCUT2D eigenvalue weighted by Gasteiger charge is -2.33. The topological polar surface area (TPSA) is 86.3 Å². The molecule has 0 radical (unpaired) electrons. The average molecular weight is 468 g/mol. The third kappa shape index (κ3) is 4.93. The van der Waals surface area contributed by atoms with Gasteiger partial charge in [0, 0.05) is 68.3 Å². The summed E-state index contributed by atoms with van der Waals surface area (Å²) in [6.07, 6.45) is 5.35. The number of aromatic nitrogens is 3. The molecule has 0 spiro atoms. The normalized spacial score (nSPS) is 14.2. The number of amides is 1. The quantitative estimate of drug-likeness (QED) is 0.458. The van der Waals surface area contributed by atoms with Crippen LogP contribution < -0.4 is 15.5 Å². The van der Waals surface area contributed by atoms with Gasteiger partial charge in [-0.25, -0.2) is 9.97 Å². The summed E-state index contributed by atoms with van der Waals surface area (Å²) in [6, 6.07) is 13.8. The van der Waals surface area contributed by atoms with Crippen LogP contribution in [-0.4, -0.2) is 66.0 Å². The molecule has 0 saturated carbocycles. The lowest BCUT2D eigenvalue weighted by atomic mass is 10.0. The predicted octanol–water partition coefficient (Wildman–Crippen LogP) is 4.05. The maximum atomic E-state index is 13.0. The molecule has 3 aromatic heterocycles. The molecule has 8 nitrogen and oxygen atoms in total. The van der Waals surface area contributed by atoms with E-state index in [-0.39, 0.29) is 5.91 Å². The Morgan fingerprint density at radius 2 is 1.71 bits per heavy atom. The van der Waals surface area contributed by atoms with Crippen molar-refractivity contribution < 1.29 is 4.79 Å². The predicted molar refractivity (Wildman–Crippen MR) is 141 cm³/mol. The number of aryl methyl sites for hydroxylation is 1. The molecule has 4 heterocycles. The summed E-state index contributed by atoms with van der Waals surface area (Å²) in [4.78, 5) is 30.9. The van der Waals surface area contributed by atoms with Crippen LogP contribution in [0.4, 0.5) is 17.3 Å². The second-order valence-electron chi connectivity index (χ2n) is 8.89. The molecule has 35 heavy (non-hydrogen) atoms. The number of likely N-dealkylation sites (N-methyl/N-ethyl adjacent to an activating group) is 1. The number of nitrogens with one attached hydrogen (secondary N) is 2. The number of fused-ring (bicyclic) bond motifs is 1. The largest absolute Gasteiger partial charge is 0.387 e. The smallest absolute Gasteiger partial charge is 0.257 e. The number of rotatable bonds is 5. The first kappa shape index (κ1) is 22.7. The van der Waals surface area contributed by atoms with Gasteiger partial charge in [-0.05, 0) is 55.3 Å². The van der Waals surface area contributed by atoms with Crippen molar-refractivity contribution >= 4 is 34.0 Å². The van der Waals surface area contributed by atoms with Crippen LogP contribution in [0.15, 0.2) is 61.1 Å². The molecule has 0 unspecified atom stereocenters. The molecule has 1 aliphatic rings. The lowest BCUT2D eigenvalue weighted by Crippen LogP contribution is -2.44. The number of hydrogen-bond acceptors (Lipinski definition) is 7. The van der Waals surface area contributed by atoms with Gasteiger partial charge < -0.3 is 20.4 Å². The van der Waals surface area contributed by atoms with E-state index in [1.807, 2.05) is 38.4 Å². The summed E-state index contributed by atoms with van der Waals surface area (Å²) >= 11 is 0. The molecule has 1 amide bonds. The van der Waals surface area contributed by atoms with Gasteiger partial charge >= 0.3 is 0 Å². The fourth-order valence-corrected chi connectivity index (χ4v) is 4.29. The highest BCUT2D eigenvalue weighted by Crippen LogP contribution is 2.28. The van der Waals surface area contributed by atoms with Crippen molar-refractivity contribution in [3.05, 3.63) is 72.3 Å². The number of benzene rings is 1. The van der Waals surface area contributed by atoms with Crippen molar-refractivity contribution in [3.63, 3.8) is 0 Å². The number of carbonyl (C=O) groups excluding carboxylic acids is 1. The number of pyridine rings is 3. The first-order chi connectivity index (χ1) is 17.0. The maximum absolute atomic E-state index is 13.0. The van der Waals surface area contributed by atoms with Crippen LogP contribution in [0.25, 0.3) is 21.9 Å². The van der Waals surface area contributed by atoms with E-state index in [2.05, 4.69) is 60.6 Å². The van der Waals surface area contributed by atoms with E-state index in [1.165, 1.54) is 0 Å². The highest BCUT2D eigenvalue weighted by atomic mass is 16.1. The zero-order chi connectivity index (χ0) is 24.4. The molecule has 1 aromatic carbocycles. The van der Waals surface area contributed by atoms with Gasteiger partial charge in [-0.2, -0.15) is 0 Å². The monoisotopic (exact) mass is 467 g/mol. The van der Waals surface area contributed by atoms with Crippen LogP contribution in [0.5, 0.6) is 0 Å². The first-order valence-corrected chi connectivity index (χ1v) is 11.8. The van der Waals surface area contributed by atoms with Crippen LogP contribution >= 0.6 is 0 Å². The number of piperazine rings is 1. The Bertz CT molecular complexity index is 1380. The fourth-order valence-electron chi connectivity index (χ4n) is 4.29. The second kappa shape index (κ2) is 9.68. The van der Waals surface area contributed by atoms with Crippen molar-refractivity contribution in [1.82, 2.24) is 19.9 Å². The molecule has 178 valence electrons. The van der Waals surface area contributed by atoms with E-state index < -0.39 is 0 Å². The number of carbonyl (C=O) groups is 1. The van der Waals surface area contributed by atoms with E-state index in [9.17, 15) is 4.79 Å². The van der Waals surface area contributed by atoms with Gasteiger partial charge in [-0.3, -0.25) is 9.78 Å². The minimum atomic E-state index is -0.202. The third-order valence-corrected chi connectivity index (χ3v) is 6.49. The number of nitrogens with zero attached hydrogens (tertiary/aromatic N) is 5. The van der Waals surface area contributed by atoms with Gasteiger partial charge in [0.15, 0.2) is 0 Å². The molecule has 1 aliphatic heterocycles. The van der Waals surface area contributed by atoms with Crippen molar-refractivity contribution in [2.24, 2.45) is 0 Å². The first-order valence-electron chi connectivity index (χ1n) is 11.8. The summed E-state index contributed by atoms with van der Waals surface area (Å²) in [5.74, 6) is 1.14. The number of anilines is 3. The molecule has 0 aliphatic carbocycles. The van der Waals surface area contributed by atoms with Gasteiger partial charge in [-0.15, -0.1) is 0 Å². The molecule has 0 atom stereocenters. The fraction of sp³-hybridized carbons (Fsp3) is 0.259. The van der Waals surface area contributed by atoms with E-state index in [1.54, 1.807) is 18.5 Å². The SMILES string of the molecule is CNc1cc(-c2ccc3cnc(NC(=O)c4ccnc(N5CCN(C)CC5)c4)cc3c2)cnc1C. The molecule has 4 aromatic rings. The summed E-state index contributed by atoms with van der Waals surface area (Å²) in [5, 5.41) is 8.13. The van der Waals surface area contributed by atoms with E-state index in [4.69, 9.17) is 0 Å². The molecule has 1 fully saturated rings. The second-order valence-corrected chi connectivity index (χ2v) is 8.89. The average Bonchev–Trinajstić information content (AvgIpc) is 2.89. The molecular formula is C27H29N7O. The molecule has 5 rings (SSSR count). The van der Waals surface area contributed by atoms with Crippen LogP contribution in [-0.2, 0) is 0 Å². The van der Waals surface area contributed by atoms with E-state index in [0.29, 0.717) is 11.4 Å². The van der Waals surface area contributed by atoms with Gasteiger partial charge in [0.2, 0.25) is 0 Å². The molecule has 1 saturated heterocycles. The molecule has 8 heteroatoms. The Kier molecular flexibility index (Phi) is 6.29. The van der Waals surface area contributed by atoms with Crippen molar-refractivity contribution in [2.75, 3.05) is 55.8 Å². The van der Waals surface area contributed by atoms with Gasteiger partial charge in [0.25, 0.3) is 5.91 Å². The van der Waals surface area contributed by atoms with Crippen LogP contribution in [0.1, 0.15) is 16.1 Å². The Morgan fingerprint density at radius 3 is 2.51 bits per heavy atom. The number of hydrogen-bond donors (Lipinski definition) is 2. The van der Waals surface area contributed by atoms with Crippen molar-refractivity contribution in [2.45, 2.75) is 6.92 Å². The molecular weight excluding hydrogens is 438 g/mol. The summed E-state index contributed by atoms with van der Waals surface area (Å²) in [6.45, 7) is 5.74. The van der Waals surface area contributed by atoms with Gasteiger partial charge in [0.05, 0.1) is 11.4 Å². The minimum Gasteiger partial charge on any atom is -0.387 e. The summed E-state index contributed by atoms with van der Waals surface area (Å²) in [5.41, 5.74) is 4.60. The highest BCUT2D eigenvalue weighted by molar-refractivity contribution is 6.05. The van der Waals surface area contributed by atoms with Crippen LogP contribution in [0.3, 0.4) is 0 Å². The van der Waals surface area contributed by atoms with Gasteiger partial charge in [0.1, 0.15) is 11.6 Å². The van der Waals surface area contributed by atoms with Crippen LogP contribution in [0.2, 0.25) is 0 Å². The molecule has 2 N–H and O–H groups in total. The van der Waals surface area contributed by atoms with E-state index >= 15 is 0 Å². The Labute approximate surface area is 205 Å². The van der Waals surface area contributed by atoms with E-state index in [0.717, 1.165) is 65.3 Å². The van der Waals surface area contributed by atoms with Crippen LogP contribution in [0, 0.1) is 6.92 Å². The van der Waals surface area contributed by atoms with Gasteiger partial charge in [-0.1, -0.05) is 12.1 Å². The Hall–Kier alpha value is -4.04. The third-order valence-electron chi connectivity index (χ3n) is 6.49. The van der Waals surface area contributed by atoms with Crippen molar-refractivity contribution in [1.29, 1.82) is 0 Å². The zero-order valence-corrected chi connectivity index (χ0v) is 20.2. The summed E-state index contributed by atoms with van der Waals surface area (Å²) < 4.78 is 0. The Balaban J connectivity index is 1.37. The van der Waals surface area contributed by atoms with Crippen molar-refractivity contribution in [3.8, 4) is 11.1 Å². The summed E-state index contributed by atoms with van der Waals surface area (Å²) in [7, 11) is 4.01.